The Hall–Kier alpha value is -1.10. The fourth-order valence-electron chi connectivity index (χ4n) is 1.87. The molecule has 0 unspecified atom stereocenters. The number of thiazole rings is 1. The number of aryl methyl sites for hydroxylation is 1. The van der Waals surface area contributed by atoms with E-state index in [1.54, 1.807) is 23.1 Å². The fourth-order valence-corrected chi connectivity index (χ4v) is 3.93. The van der Waals surface area contributed by atoms with Crippen LogP contribution in [0.5, 0.6) is 0 Å². The maximum atomic E-state index is 6.08. The molecule has 0 aliphatic heterocycles. The highest BCUT2D eigenvalue weighted by Gasteiger charge is 2.06. The Morgan fingerprint density at radius 2 is 2.11 bits per heavy atom. The highest BCUT2D eigenvalue weighted by atomic mass is 35.5. The molecule has 2 nitrogen and oxygen atoms in total. The van der Waals surface area contributed by atoms with Crippen molar-refractivity contribution in [3.8, 4) is 0 Å². The van der Waals surface area contributed by atoms with Gasteiger partial charge in [-0.3, -0.25) is 0 Å². The van der Waals surface area contributed by atoms with Gasteiger partial charge in [-0.25, -0.2) is 9.97 Å². The van der Waals surface area contributed by atoms with Crippen LogP contribution in [0.25, 0.3) is 10.9 Å². The molecule has 96 valence electrons. The van der Waals surface area contributed by atoms with Gasteiger partial charge in [-0.2, -0.15) is 0 Å². The zero-order valence-corrected chi connectivity index (χ0v) is 12.6. The van der Waals surface area contributed by atoms with Crippen LogP contribution in [0.3, 0.4) is 0 Å². The lowest BCUT2D eigenvalue weighted by molar-refractivity contribution is 1.16. The average molecular weight is 307 g/mol. The lowest BCUT2D eigenvalue weighted by atomic mass is 10.1. The zero-order chi connectivity index (χ0) is 13.2. The van der Waals surface area contributed by atoms with E-state index in [-0.39, 0.29) is 0 Å². The number of hydrogen-bond acceptors (Lipinski definition) is 4. The molecule has 3 aromatic rings. The minimum atomic E-state index is 0.546. The number of fused-ring (bicyclic) bond motifs is 1. The molecule has 0 aliphatic rings. The predicted molar refractivity (Wildman–Crippen MR) is 83.2 cm³/mol. The molecule has 0 amide bonds. The molecular formula is C14H11ClN2S2. The lowest BCUT2D eigenvalue weighted by Crippen LogP contribution is -1.88. The molecule has 0 aliphatic carbocycles. The Kier molecular flexibility index (Phi) is 3.73. The molecule has 5 heteroatoms. The van der Waals surface area contributed by atoms with Crippen LogP contribution in [0.4, 0.5) is 0 Å². The van der Waals surface area contributed by atoms with Gasteiger partial charge in [-0.05, 0) is 24.6 Å². The Morgan fingerprint density at radius 1 is 1.26 bits per heavy atom. The summed E-state index contributed by atoms with van der Waals surface area (Å²) in [5.41, 5.74) is 3.22. The highest BCUT2D eigenvalue weighted by molar-refractivity contribution is 8.00. The molecule has 0 spiro atoms. The minimum Gasteiger partial charge on any atom is -0.236 e. The molecule has 0 atom stereocenters. The summed E-state index contributed by atoms with van der Waals surface area (Å²) in [6.07, 6.45) is 0. The largest absolute Gasteiger partial charge is 0.236 e. The lowest BCUT2D eigenvalue weighted by Gasteiger charge is -2.05. The average Bonchev–Trinajstić information content (AvgIpc) is 2.81. The molecular weight excluding hydrogens is 296 g/mol. The van der Waals surface area contributed by atoms with Gasteiger partial charge in [-0.15, -0.1) is 11.3 Å². The maximum Gasteiger partial charge on any atom is 0.150 e. The van der Waals surface area contributed by atoms with Gasteiger partial charge in [0, 0.05) is 22.2 Å². The molecule has 3 rings (SSSR count). The number of nitrogens with zero attached hydrogens (tertiary/aromatic N) is 2. The van der Waals surface area contributed by atoms with E-state index in [4.69, 9.17) is 11.6 Å². The molecule has 0 N–H and O–H groups in total. The first-order valence-electron chi connectivity index (χ1n) is 5.81. The molecule has 0 bridgehead atoms. The normalized spacial score (nSPS) is 11.1. The van der Waals surface area contributed by atoms with Crippen LogP contribution >= 0.6 is 34.7 Å². The van der Waals surface area contributed by atoms with E-state index in [2.05, 4.69) is 21.4 Å². The minimum absolute atomic E-state index is 0.546. The third-order valence-corrected chi connectivity index (χ3v) is 5.10. The van der Waals surface area contributed by atoms with Crippen molar-refractivity contribution in [3.05, 3.63) is 52.1 Å². The van der Waals surface area contributed by atoms with Gasteiger partial charge in [0.15, 0.2) is 0 Å². The van der Waals surface area contributed by atoms with Gasteiger partial charge in [-0.1, -0.05) is 41.6 Å². The van der Waals surface area contributed by atoms with Crippen molar-refractivity contribution in [2.45, 2.75) is 17.0 Å². The molecule has 0 radical (unpaired) electrons. The smallest absolute Gasteiger partial charge is 0.150 e. The molecule has 0 fully saturated rings. The number of pyridine rings is 1. The zero-order valence-electron chi connectivity index (χ0n) is 10.3. The van der Waals surface area contributed by atoms with E-state index in [1.165, 1.54) is 5.56 Å². The number of para-hydroxylation sites is 1. The summed E-state index contributed by atoms with van der Waals surface area (Å²) < 4.78 is 1.09. The molecule has 0 saturated heterocycles. The number of rotatable bonds is 3. The summed E-state index contributed by atoms with van der Waals surface area (Å²) in [7, 11) is 0. The molecule has 2 heterocycles. The van der Waals surface area contributed by atoms with Crippen LogP contribution < -0.4 is 0 Å². The van der Waals surface area contributed by atoms with E-state index >= 15 is 0 Å². The standard InChI is InChI=1S/C14H11ClN2S2/c1-9-7-18-14(16-9)19-8-10-6-13(15)17-12-5-3-2-4-11(10)12/h2-7H,8H2,1H3. The second-order valence-electron chi connectivity index (χ2n) is 4.16. The maximum absolute atomic E-state index is 6.08. The first-order chi connectivity index (χ1) is 9.22. The Bertz CT molecular complexity index is 724. The predicted octanol–water partition coefficient (Wildman–Crippen LogP) is 4.95. The molecule has 0 saturated carbocycles. The van der Waals surface area contributed by atoms with Crippen molar-refractivity contribution in [3.63, 3.8) is 0 Å². The van der Waals surface area contributed by atoms with Crippen molar-refractivity contribution in [1.29, 1.82) is 0 Å². The van der Waals surface area contributed by atoms with Gasteiger partial charge < -0.3 is 0 Å². The molecule has 2 aromatic heterocycles. The SMILES string of the molecule is Cc1csc(SCc2cc(Cl)nc3ccccc23)n1. The number of hydrogen-bond donors (Lipinski definition) is 0. The summed E-state index contributed by atoms with van der Waals surface area (Å²) >= 11 is 9.50. The summed E-state index contributed by atoms with van der Waals surface area (Å²) in [5.74, 6) is 0.857. The monoisotopic (exact) mass is 306 g/mol. The highest BCUT2D eigenvalue weighted by Crippen LogP contribution is 2.30. The van der Waals surface area contributed by atoms with Crippen LogP contribution in [0.1, 0.15) is 11.3 Å². The van der Waals surface area contributed by atoms with E-state index < -0.39 is 0 Å². The first-order valence-corrected chi connectivity index (χ1v) is 8.06. The van der Waals surface area contributed by atoms with Crippen LogP contribution in [0.15, 0.2) is 40.1 Å². The summed E-state index contributed by atoms with van der Waals surface area (Å²) in [5, 5.41) is 3.78. The summed E-state index contributed by atoms with van der Waals surface area (Å²) in [6, 6.07) is 10.0. The third-order valence-electron chi connectivity index (χ3n) is 2.72. The van der Waals surface area contributed by atoms with Gasteiger partial charge in [0.25, 0.3) is 0 Å². The van der Waals surface area contributed by atoms with Crippen LogP contribution in [0.2, 0.25) is 5.15 Å². The van der Waals surface area contributed by atoms with Crippen LogP contribution in [-0.2, 0) is 5.75 Å². The molecule has 1 aromatic carbocycles. The van der Waals surface area contributed by atoms with Crippen molar-refractivity contribution < 1.29 is 0 Å². The summed E-state index contributed by atoms with van der Waals surface area (Å²) in [6.45, 7) is 2.01. The van der Waals surface area contributed by atoms with Gasteiger partial charge in [0.05, 0.1) is 5.52 Å². The quantitative estimate of drug-likeness (QED) is 0.506. The number of aromatic nitrogens is 2. The number of thioether (sulfide) groups is 1. The van der Waals surface area contributed by atoms with Crippen LogP contribution in [-0.4, -0.2) is 9.97 Å². The van der Waals surface area contributed by atoms with Crippen molar-refractivity contribution in [2.24, 2.45) is 0 Å². The van der Waals surface area contributed by atoms with Gasteiger partial charge >= 0.3 is 0 Å². The summed E-state index contributed by atoms with van der Waals surface area (Å²) in [4.78, 5) is 8.80. The number of benzene rings is 1. The Morgan fingerprint density at radius 3 is 2.89 bits per heavy atom. The van der Waals surface area contributed by atoms with E-state index in [0.29, 0.717) is 5.15 Å². The molecule has 19 heavy (non-hydrogen) atoms. The van der Waals surface area contributed by atoms with E-state index in [0.717, 1.165) is 26.7 Å². The fraction of sp³-hybridized carbons (Fsp3) is 0.143. The third kappa shape index (κ3) is 2.91. The van der Waals surface area contributed by atoms with Crippen molar-refractivity contribution in [2.75, 3.05) is 0 Å². The Balaban J connectivity index is 1.91. The van der Waals surface area contributed by atoms with Gasteiger partial charge in [0.2, 0.25) is 0 Å². The van der Waals surface area contributed by atoms with E-state index in [1.807, 2.05) is 31.2 Å². The second-order valence-corrected chi connectivity index (χ2v) is 6.63. The first kappa shape index (κ1) is 12.9. The van der Waals surface area contributed by atoms with Crippen molar-refractivity contribution >= 4 is 45.6 Å². The van der Waals surface area contributed by atoms with E-state index in [9.17, 15) is 0 Å². The topological polar surface area (TPSA) is 25.8 Å². The second kappa shape index (κ2) is 5.49. The number of halogens is 1. The van der Waals surface area contributed by atoms with Crippen LogP contribution in [0, 0.1) is 6.92 Å². The van der Waals surface area contributed by atoms with Crippen molar-refractivity contribution in [1.82, 2.24) is 9.97 Å². The van der Waals surface area contributed by atoms with Gasteiger partial charge in [0.1, 0.15) is 9.49 Å². The Labute approximate surface area is 124 Å².